The molecule has 0 saturated carbocycles. The van der Waals surface area contributed by atoms with Crippen molar-refractivity contribution in [3.8, 4) is 0 Å². The van der Waals surface area contributed by atoms with Gasteiger partial charge in [0.25, 0.3) is 0 Å². The third-order valence-corrected chi connectivity index (χ3v) is 5.74. The summed E-state index contributed by atoms with van der Waals surface area (Å²) in [4.78, 5) is 14.0. The highest BCUT2D eigenvalue weighted by Crippen LogP contribution is 2.18. The Morgan fingerprint density at radius 1 is 1.38 bits per heavy atom. The van der Waals surface area contributed by atoms with Gasteiger partial charge in [-0.1, -0.05) is 6.07 Å². The van der Waals surface area contributed by atoms with E-state index in [0.29, 0.717) is 19.6 Å². The molecule has 0 aliphatic carbocycles. The fraction of sp³-hybridized carbons (Fsp3) is 0.533. The van der Waals surface area contributed by atoms with Crippen LogP contribution < -0.4 is 5.32 Å². The summed E-state index contributed by atoms with van der Waals surface area (Å²) in [5, 5.41) is 2.90. The van der Waals surface area contributed by atoms with E-state index in [4.69, 9.17) is 0 Å². The van der Waals surface area contributed by atoms with Crippen LogP contribution >= 0.6 is 11.7 Å². The molecule has 9 heteroatoms. The zero-order valence-electron chi connectivity index (χ0n) is 13.4. The van der Waals surface area contributed by atoms with Crippen molar-refractivity contribution in [2.75, 3.05) is 25.1 Å². The van der Waals surface area contributed by atoms with Gasteiger partial charge in [-0.05, 0) is 36.5 Å². The van der Waals surface area contributed by atoms with Crippen LogP contribution in [0.5, 0.6) is 0 Å². The van der Waals surface area contributed by atoms with Gasteiger partial charge in [-0.15, -0.1) is 0 Å². The number of fused-ring (bicyclic) bond motifs is 1. The van der Waals surface area contributed by atoms with Crippen LogP contribution in [0, 0.1) is 5.92 Å². The Hall–Kier alpha value is -1.74. The number of amides is 2. The number of sulfone groups is 1. The fourth-order valence-corrected chi connectivity index (χ4v) is 4.69. The van der Waals surface area contributed by atoms with Crippen LogP contribution in [0.4, 0.5) is 4.79 Å². The van der Waals surface area contributed by atoms with Crippen molar-refractivity contribution in [2.45, 2.75) is 19.4 Å². The lowest BCUT2D eigenvalue weighted by molar-refractivity contribution is 0.170. The second kappa shape index (κ2) is 7.02. The van der Waals surface area contributed by atoms with E-state index in [9.17, 15) is 13.2 Å². The minimum atomic E-state index is -3.01. The van der Waals surface area contributed by atoms with Crippen molar-refractivity contribution in [3.63, 3.8) is 0 Å². The molecule has 130 valence electrons. The van der Waals surface area contributed by atoms with Gasteiger partial charge < -0.3 is 10.2 Å². The molecule has 0 bridgehead atoms. The molecule has 1 fully saturated rings. The molecule has 24 heavy (non-hydrogen) atoms. The highest BCUT2D eigenvalue weighted by Gasteiger charge is 2.25. The monoisotopic (exact) mass is 368 g/mol. The fourth-order valence-electron chi connectivity index (χ4n) is 3.04. The molecule has 0 spiro atoms. The van der Waals surface area contributed by atoms with Gasteiger partial charge in [0.05, 0.1) is 17.5 Å². The number of hydrogen-bond donors (Lipinski definition) is 1. The van der Waals surface area contributed by atoms with E-state index in [1.54, 1.807) is 4.90 Å². The lowest BCUT2D eigenvalue weighted by atomic mass is 10.0. The van der Waals surface area contributed by atoms with Crippen LogP contribution in [0.2, 0.25) is 0 Å². The second-order valence-electron chi connectivity index (χ2n) is 6.29. The summed E-state index contributed by atoms with van der Waals surface area (Å²) in [5.41, 5.74) is 2.65. The first-order chi connectivity index (χ1) is 11.4. The molecule has 1 N–H and O–H groups in total. The van der Waals surface area contributed by atoms with E-state index < -0.39 is 9.84 Å². The molecule has 1 aliphatic rings. The lowest BCUT2D eigenvalue weighted by Gasteiger charge is -2.32. The molecule has 1 aliphatic heterocycles. The number of benzene rings is 1. The molecule has 1 unspecified atom stereocenters. The quantitative estimate of drug-likeness (QED) is 0.886. The molecule has 1 atom stereocenters. The van der Waals surface area contributed by atoms with Crippen LogP contribution in [0.25, 0.3) is 11.0 Å². The molecular formula is C15H20N4O3S2. The van der Waals surface area contributed by atoms with E-state index in [2.05, 4.69) is 14.1 Å². The Balaban J connectivity index is 1.56. The lowest BCUT2D eigenvalue weighted by Crippen LogP contribution is -2.46. The average Bonchev–Trinajstić information content (AvgIpc) is 2.98. The van der Waals surface area contributed by atoms with Crippen LogP contribution in [0.3, 0.4) is 0 Å². The van der Waals surface area contributed by atoms with Crippen LogP contribution in [0.15, 0.2) is 18.2 Å². The molecule has 1 aromatic heterocycles. The highest BCUT2D eigenvalue weighted by molar-refractivity contribution is 7.90. The molecular weight excluding hydrogens is 348 g/mol. The number of carbonyl (C=O) groups is 1. The minimum Gasteiger partial charge on any atom is -0.334 e. The summed E-state index contributed by atoms with van der Waals surface area (Å²) in [5.74, 6) is 0.168. The predicted molar refractivity (Wildman–Crippen MR) is 93.7 cm³/mol. The van der Waals surface area contributed by atoms with E-state index in [1.165, 1.54) is 18.0 Å². The molecule has 7 nitrogen and oxygen atoms in total. The maximum atomic E-state index is 12.3. The molecule has 1 saturated heterocycles. The summed E-state index contributed by atoms with van der Waals surface area (Å²) >= 11 is 1.17. The Morgan fingerprint density at radius 2 is 2.17 bits per heavy atom. The average molecular weight is 368 g/mol. The van der Waals surface area contributed by atoms with Gasteiger partial charge in [0.2, 0.25) is 0 Å². The third-order valence-electron chi connectivity index (χ3n) is 4.11. The maximum Gasteiger partial charge on any atom is 0.317 e. The molecule has 3 rings (SSSR count). The summed E-state index contributed by atoms with van der Waals surface area (Å²) in [7, 11) is -3.01. The van der Waals surface area contributed by atoms with Crippen molar-refractivity contribution in [1.29, 1.82) is 0 Å². The van der Waals surface area contributed by atoms with Gasteiger partial charge in [-0.25, -0.2) is 13.2 Å². The SMILES string of the molecule is CS(=O)(=O)CC1CCCN(C(=O)NCc2ccc3nsnc3c2)C1. The first kappa shape index (κ1) is 17.1. The Morgan fingerprint density at radius 3 is 2.96 bits per heavy atom. The summed E-state index contributed by atoms with van der Waals surface area (Å²) < 4.78 is 31.2. The van der Waals surface area contributed by atoms with E-state index in [0.717, 1.165) is 29.4 Å². The zero-order chi connectivity index (χ0) is 17.2. The largest absolute Gasteiger partial charge is 0.334 e. The first-order valence-electron chi connectivity index (χ1n) is 7.82. The van der Waals surface area contributed by atoms with Crippen molar-refractivity contribution in [1.82, 2.24) is 19.0 Å². The second-order valence-corrected chi connectivity index (χ2v) is 9.01. The van der Waals surface area contributed by atoms with E-state index in [-0.39, 0.29) is 17.7 Å². The number of rotatable bonds is 4. The van der Waals surface area contributed by atoms with Crippen LogP contribution in [0.1, 0.15) is 18.4 Å². The van der Waals surface area contributed by atoms with Gasteiger partial charge >= 0.3 is 6.03 Å². The number of aromatic nitrogens is 2. The normalized spacial score (nSPS) is 18.7. The van der Waals surface area contributed by atoms with Crippen molar-refractivity contribution in [3.05, 3.63) is 23.8 Å². The van der Waals surface area contributed by atoms with Gasteiger partial charge in [-0.2, -0.15) is 8.75 Å². The van der Waals surface area contributed by atoms with Crippen molar-refractivity contribution >= 4 is 38.6 Å². The Labute approximate surface area is 145 Å². The highest BCUT2D eigenvalue weighted by atomic mass is 32.2. The Kier molecular flexibility index (Phi) is 5.00. The van der Waals surface area contributed by atoms with Crippen molar-refractivity contribution in [2.24, 2.45) is 5.92 Å². The Bertz CT molecular complexity index is 834. The summed E-state index contributed by atoms with van der Waals surface area (Å²) in [6.07, 6.45) is 2.93. The topological polar surface area (TPSA) is 92.3 Å². The zero-order valence-corrected chi connectivity index (χ0v) is 15.1. The van der Waals surface area contributed by atoms with E-state index >= 15 is 0 Å². The summed E-state index contributed by atoms with van der Waals surface area (Å²) in [6, 6.07) is 5.59. The number of urea groups is 1. The van der Waals surface area contributed by atoms with Gasteiger partial charge in [0, 0.05) is 25.9 Å². The summed E-state index contributed by atoms with van der Waals surface area (Å²) in [6.45, 7) is 1.58. The van der Waals surface area contributed by atoms with Gasteiger partial charge in [-0.3, -0.25) is 0 Å². The number of likely N-dealkylation sites (tertiary alicyclic amines) is 1. The number of nitrogens with zero attached hydrogens (tertiary/aromatic N) is 3. The minimum absolute atomic E-state index is 0.0249. The van der Waals surface area contributed by atoms with Gasteiger partial charge in [0.1, 0.15) is 20.9 Å². The number of piperidine rings is 1. The van der Waals surface area contributed by atoms with Crippen LogP contribution in [-0.4, -0.2) is 53.2 Å². The van der Waals surface area contributed by atoms with Crippen LogP contribution in [-0.2, 0) is 16.4 Å². The number of hydrogen-bond acceptors (Lipinski definition) is 6. The molecule has 0 radical (unpaired) electrons. The van der Waals surface area contributed by atoms with E-state index in [1.807, 2.05) is 18.2 Å². The third kappa shape index (κ3) is 4.41. The predicted octanol–water partition coefficient (Wildman–Crippen LogP) is 1.66. The molecule has 2 heterocycles. The first-order valence-corrected chi connectivity index (χ1v) is 10.6. The molecule has 2 aromatic rings. The number of carbonyl (C=O) groups excluding carboxylic acids is 1. The molecule has 2 amide bonds. The maximum absolute atomic E-state index is 12.3. The molecule has 1 aromatic carbocycles. The smallest absolute Gasteiger partial charge is 0.317 e. The number of nitrogens with one attached hydrogen (secondary N) is 1. The van der Waals surface area contributed by atoms with Gasteiger partial charge in [0.15, 0.2) is 0 Å². The van der Waals surface area contributed by atoms with Crippen molar-refractivity contribution < 1.29 is 13.2 Å². The standard InChI is InChI=1S/C15H20N4O3S2/c1-24(21,22)10-12-3-2-6-19(9-12)15(20)16-8-11-4-5-13-14(7-11)18-23-17-13/h4-5,7,12H,2-3,6,8-10H2,1H3,(H,16,20).